The van der Waals surface area contributed by atoms with Gasteiger partial charge in [0, 0.05) is 5.92 Å². The highest BCUT2D eigenvalue weighted by Crippen LogP contribution is 2.66. The largest absolute Gasteiger partial charge is 0.300 e. The first-order chi connectivity index (χ1) is 10.9. The van der Waals surface area contributed by atoms with Crippen LogP contribution in [-0.2, 0) is 4.79 Å². The average Bonchev–Trinajstić information content (AvgIpc) is 2.85. The Morgan fingerprint density at radius 2 is 1.78 bits per heavy atom. The van der Waals surface area contributed by atoms with Crippen molar-refractivity contribution in [3.8, 4) is 0 Å². The Morgan fingerprint density at radius 1 is 1.00 bits per heavy atom. The Hall–Kier alpha value is -0.400. The van der Waals surface area contributed by atoms with Gasteiger partial charge in [0.1, 0.15) is 11.5 Å². The Bertz CT molecular complexity index is 502. The number of hydrogen-bond acceptors (Lipinski definition) is 1. The van der Waals surface area contributed by atoms with Crippen LogP contribution in [0.2, 0.25) is 0 Å². The van der Waals surface area contributed by atoms with Crippen LogP contribution in [0.4, 0.5) is 4.39 Å². The van der Waals surface area contributed by atoms with Gasteiger partial charge in [0.05, 0.1) is 0 Å². The van der Waals surface area contributed by atoms with E-state index in [1.165, 1.54) is 12.8 Å². The van der Waals surface area contributed by atoms with E-state index in [9.17, 15) is 4.79 Å². The molecule has 4 aliphatic rings. The molecule has 8 atom stereocenters. The topological polar surface area (TPSA) is 17.1 Å². The number of halogens is 1. The molecule has 0 radical (unpaired) electrons. The van der Waals surface area contributed by atoms with Crippen molar-refractivity contribution < 1.29 is 9.18 Å². The molecule has 0 bridgehead atoms. The van der Waals surface area contributed by atoms with Gasteiger partial charge in [-0.25, -0.2) is 4.39 Å². The van der Waals surface area contributed by atoms with E-state index < -0.39 is 5.67 Å². The zero-order valence-electron chi connectivity index (χ0n) is 15.1. The molecule has 0 N–H and O–H groups in total. The molecule has 4 fully saturated rings. The van der Waals surface area contributed by atoms with Crippen LogP contribution in [0.15, 0.2) is 0 Å². The highest BCUT2D eigenvalue weighted by molar-refractivity contribution is 5.79. The van der Waals surface area contributed by atoms with Crippen LogP contribution < -0.4 is 0 Å². The third-order valence-electron chi connectivity index (χ3n) is 8.78. The van der Waals surface area contributed by atoms with E-state index in [2.05, 4.69) is 13.8 Å². The summed E-state index contributed by atoms with van der Waals surface area (Å²) in [6.07, 6.45) is 9.64. The molecule has 0 heterocycles. The number of alkyl halides is 1. The van der Waals surface area contributed by atoms with Gasteiger partial charge >= 0.3 is 0 Å². The van der Waals surface area contributed by atoms with Gasteiger partial charge in [-0.2, -0.15) is 0 Å². The van der Waals surface area contributed by atoms with Crippen molar-refractivity contribution in [2.45, 2.75) is 84.2 Å². The van der Waals surface area contributed by atoms with E-state index in [1.807, 2.05) is 0 Å². The van der Waals surface area contributed by atoms with Crippen LogP contribution in [0.5, 0.6) is 0 Å². The number of rotatable bonds is 1. The van der Waals surface area contributed by atoms with E-state index >= 15 is 4.39 Å². The predicted octanol–water partition coefficient (Wildman–Crippen LogP) is 5.57. The van der Waals surface area contributed by atoms with Gasteiger partial charge < -0.3 is 0 Å². The zero-order chi connectivity index (χ0) is 16.4. The molecule has 0 aromatic rings. The monoisotopic (exact) mass is 320 g/mol. The molecule has 4 aliphatic carbocycles. The maximum atomic E-state index is 16.1. The minimum Gasteiger partial charge on any atom is -0.300 e. The third-order valence-corrected chi connectivity index (χ3v) is 8.78. The van der Waals surface area contributed by atoms with Crippen molar-refractivity contribution in [2.24, 2.45) is 40.9 Å². The smallest absolute Gasteiger partial charge is 0.133 e. The summed E-state index contributed by atoms with van der Waals surface area (Å²) in [6, 6.07) is 0. The molecule has 4 saturated carbocycles. The second kappa shape index (κ2) is 5.30. The maximum Gasteiger partial charge on any atom is 0.133 e. The van der Waals surface area contributed by atoms with Gasteiger partial charge in [-0.1, -0.05) is 13.8 Å². The van der Waals surface area contributed by atoms with Gasteiger partial charge in [-0.3, -0.25) is 4.79 Å². The van der Waals surface area contributed by atoms with Crippen LogP contribution in [0.25, 0.3) is 0 Å². The first kappa shape index (κ1) is 16.1. The highest BCUT2D eigenvalue weighted by Gasteiger charge is 2.62. The Balaban J connectivity index is 1.61. The van der Waals surface area contributed by atoms with Crippen LogP contribution in [0, 0.1) is 40.9 Å². The van der Waals surface area contributed by atoms with Crippen molar-refractivity contribution >= 4 is 5.78 Å². The molecular weight excluding hydrogens is 287 g/mol. The Kier molecular flexibility index (Phi) is 3.71. The van der Waals surface area contributed by atoms with Crippen LogP contribution >= 0.6 is 0 Å². The number of carbonyl (C=O) groups excluding carboxylic acids is 1. The summed E-state index contributed by atoms with van der Waals surface area (Å²) >= 11 is 0. The molecule has 0 aromatic carbocycles. The summed E-state index contributed by atoms with van der Waals surface area (Å²) in [6.45, 7) is 6.44. The summed E-state index contributed by atoms with van der Waals surface area (Å²) in [5.74, 6) is 3.09. The summed E-state index contributed by atoms with van der Waals surface area (Å²) < 4.78 is 16.1. The molecule has 0 saturated heterocycles. The van der Waals surface area contributed by atoms with Crippen molar-refractivity contribution in [2.75, 3.05) is 0 Å². The van der Waals surface area contributed by atoms with E-state index in [0.717, 1.165) is 44.9 Å². The molecule has 0 amide bonds. The Labute approximate surface area is 140 Å². The van der Waals surface area contributed by atoms with Gasteiger partial charge in [0.2, 0.25) is 0 Å². The third kappa shape index (κ3) is 2.19. The second-order valence-corrected chi connectivity index (χ2v) is 9.74. The summed E-state index contributed by atoms with van der Waals surface area (Å²) in [5, 5.41) is 0. The molecule has 1 nitrogen and oxygen atoms in total. The first-order valence-corrected chi connectivity index (χ1v) is 10.1. The van der Waals surface area contributed by atoms with Crippen molar-refractivity contribution in [3.05, 3.63) is 0 Å². The molecular formula is C21H33FO. The molecule has 0 spiro atoms. The van der Waals surface area contributed by atoms with Gasteiger partial charge in [0.25, 0.3) is 0 Å². The van der Waals surface area contributed by atoms with E-state index in [0.29, 0.717) is 29.5 Å². The summed E-state index contributed by atoms with van der Waals surface area (Å²) in [5.41, 5.74) is -0.719. The van der Waals surface area contributed by atoms with E-state index in [1.54, 1.807) is 6.92 Å². The minimum atomic E-state index is -0.884. The quantitative estimate of drug-likeness (QED) is 0.617. The van der Waals surface area contributed by atoms with Gasteiger partial charge in [-0.05, 0) is 99.7 Å². The van der Waals surface area contributed by atoms with Gasteiger partial charge in [0.15, 0.2) is 0 Å². The zero-order valence-corrected chi connectivity index (χ0v) is 15.1. The normalized spacial score (nSPS) is 55.7. The van der Waals surface area contributed by atoms with Crippen molar-refractivity contribution in [1.29, 1.82) is 0 Å². The Morgan fingerprint density at radius 3 is 2.52 bits per heavy atom. The number of carbonyl (C=O) groups is 1. The standard InChI is InChI=1S/C21H33FO/c1-13-8-11-21(22)15(12-13)4-5-16-18-7-6-17(14(2)23)20(18,3)10-9-19(16)21/h13,15-19H,4-12H2,1-3H3/t13-,15+,16-,17+,18?,19?,20+,21+/m0/s1. The van der Waals surface area contributed by atoms with E-state index in [-0.39, 0.29) is 17.3 Å². The fourth-order valence-electron chi connectivity index (χ4n) is 7.66. The lowest BCUT2D eigenvalue weighted by Gasteiger charge is -2.58. The average molecular weight is 320 g/mol. The lowest BCUT2D eigenvalue weighted by Crippen LogP contribution is -2.56. The lowest BCUT2D eigenvalue weighted by atomic mass is 9.48. The highest BCUT2D eigenvalue weighted by atomic mass is 19.1. The van der Waals surface area contributed by atoms with Crippen molar-refractivity contribution in [1.82, 2.24) is 0 Å². The van der Waals surface area contributed by atoms with Gasteiger partial charge in [-0.15, -0.1) is 0 Å². The number of Topliss-reactive ketones (excluding diaryl/α,β-unsaturated/α-hetero) is 1. The van der Waals surface area contributed by atoms with Crippen LogP contribution in [0.3, 0.4) is 0 Å². The second-order valence-electron chi connectivity index (χ2n) is 9.74. The molecule has 2 unspecified atom stereocenters. The summed E-state index contributed by atoms with van der Waals surface area (Å²) in [7, 11) is 0. The SMILES string of the molecule is CC(=O)[C@H]1CCC2[C@@H]3CC[C@@H]4C[C@@H](C)CC[C@]4(F)C3CC[C@@]21C. The first-order valence-electron chi connectivity index (χ1n) is 10.1. The van der Waals surface area contributed by atoms with E-state index in [4.69, 9.17) is 0 Å². The summed E-state index contributed by atoms with van der Waals surface area (Å²) in [4.78, 5) is 12.1. The minimum absolute atomic E-state index is 0.165. The fourth-order valence-corrected chi connectivity index (χ4v) is 7.66. The van der Waals surface area contributed by atoms with Crippen LogP contribution in [0.1, 0.15) is 78.6 Å². The molecule has 2 heteroatoms. The lowest BCUT2D eigenvalue weighted by molar-refractivity contribution is -0.145. The molecule has 0 aromatic heterocycles. The van der Waals surface area contributed by atoms with Crippen molar-refractivity contribution in [3.63, 3.8) is 0 Å². The number of hydrogen-bond donors (Lipinski definition) is 0. The molecule has 4 rings (SSSR count). The molecule has 130 valence electrons. The molecule has 0 aliphatic heterocycles. The van der Waals surface area contributed by atoms with Crippen LogP contribution in [-0.4, -0.2) is 11.5 Å². The fraction of sp³-hybridized carbons (Fsp3) is 0.952. The predicted molar refractivity (Wildman–Crippen MR) is 90.8 cm³/mol. The maximum absolute atomic E-state index is 16.1. The molecule has 23 heavy (non-hydrogen) atoms. The number of ketones is 1. The number of fused-ring (bicyclic) bond motifs is 5.